The van der Waals surface area contributed by atoms with E-state index in [1.807, 2.05) is 0 Å². The number of aryl methyl sites for hydroxylation is 1. The molecule has 4 aliphatic heterocycles. The molecule has 1 aromatic heterocycles. The molecule has 2 aromatic rings. The number of fused-ring (bicyclic) bond motifs is 5. The molecule has 5 heteroatoms. The van der Waals surface area contributed by atoms with E-state index in [0.717, 1.165) is 40.2 Å². The van der Waals surface area contributed by atoms with E-state index in [9.17, 15) is 4.79 Å². The normalized spacial score (nSPS) is 30.8. The van der Waals surface area contributed by atoms with Crippen LogP contribution in [0, 0.1) is 5.92 Å². The first kappa shape index (κ1) is 15.5. The highest BCUT2D eigenvalue weighted by Gasteiger charge is 2.60. The van der Waals surface area contributed by atoms with Crippen molar-refractivity contribution in [2.45, 2.75) is 50.1 Å². The van der Waals surface area contributed by atoms with Gasteiger partial charge in [-0.1, -0.05) is 12.1 Å². The lowest BCUT2D eigenvalue weighted by atomic mass is 9.77. The van der Waals surface area contributed by atoms with E-state index < -0.39 is 0 Å². The first-order valence-electron chi connectivity index (χ1n) is 9.99. The Bertz CT molecular complexity index is 893. The third kappa shape index (κ3) is 2.13. The molecule has 7 rings (SSSR count). The van der Waals surface area contributed by atoms with Crippen molar-refractivity contribution in [3.05, 3.63) is 28.6 Å². The fourth-order valence-electron chi connectivity index (χ4n) is 5.56. The number of ether oxygens (including phenoxy) is 1. The Labute approximate surface area is 157 Å². The second-order valence-electron chi connectivity index (χ2n) is 8.41. The predicted octanol–water partition coefficient (Wildman–Crippen LogP) is 3.58. The van der Waals surface area contributed by atoms with Gasteiger partial charge in [0.1, 0.15) is 5.75 Å². The number of nitrogens with one attached hydrogen (secondary N) is 1. The molecule has 26 heavy (non-hydrogen) atoms. The zero-order chi connectivity index (χ0) is 17.3. The molecule has 5 heterocycles. The largest absolute Gasteiger partial charge is 0.492 e. The SMILES string of the molecule is O=C(N[C@H]1C2CCN(CC2)C12CC2)c1cc2ccc3c(c2s1)OCCC3. The van der Waals surface area contributed by atoms with Crippen molar-refractivity contribution in [2.75, 3.05) is 19.7 Å². The number of rotatable bonds is 2. The maximum absolute atomic E-state index is 13.1. The van der Waals surface area contributed by atoms with Crippen LogP contribution in [0.5, 0.6) is 5.75 Å². The second-order valence-corrected chi connectivity index (χ2v) is 9.47. The van der Waals surface area contributed by atoms with Crippen LogP contribution < -0.4 is 10.1 Å². The van der Waals surface area contributed by atoms with E-state index in [2.05, 4.69) is 28.4 Å². The fraction of sp³-hybridized carbons (Fsp3) is 0.571. The Balaban J connectivity index is 1.31. The zero-order valence-corrected chi connectivity index (χ0v) is 15.7. The van der Waals surface area contributed by atoms with Gasteiger partial charge in [0.05, 0.1) is 22.2 Å². The van der Waals surface area contributed by atoms with Crippen LogP contribution in [0.2, 0.25) is 0 Å². The summed E-state index contributed by atoms with van der Waals surface area (Å²) in [4.78, 5) is 16.6. The standard InChI is InChI=1S/C21H24N2O2S/c24-20(22-19-14-5-9-23(10-6-14)21(19)7-8-21)16-12-15-4-3-13-2-1-11-25-17(13)18(15)26-16/h3-4,12,14,19H,1-2,5-11H2,(H,22,24)/t19-/m0/s1. The van der Waals surface area contributed by atoms with Crippen LogP contribution in [-0.4, -0.2) is 42.1 Å². The van der Waals surface area contributed by atoms with Crippen molar-refractivity contribution in [2.24, 2.45) is 5.92 Å². The van der Waals surface area contributed by atoms with Gasteiger partial charge in [0.2, 0.25) is 0 Å². The molecule has 1 spiro atoms. The topological polar surface area (TPSA) is 41.6 Å². The van der Waals surface area contributed by atoms with E-state index in [0.29, 0.717) is 12.0 Å². The summed E-state index contributed by atoms with van der Waals surface area (Å²) in [6.07, 6.45) is 7.14. The number of nitrogens with zero attached hydrogens (tertiary/aromatic N) is 1. The molecule has 4 nitrogen and oxygen atoms in total. The first-order valence-corrected chi connectivity index (χ1v) is 10.8. The van der Waals surface area contributed by atoms with Gasteiger partial charge in [-0.15, -0.1) is 11.3 Å². The van der Waals surface area contributed by atoms with Crippen molar-refractivity contribution >= 4 is 27.3 Å². The lowest BCUT2D eigenvalue weighted by Gasteiger charge is -2.52. The molecule has 1 aliphatic carbocycles. The molecule has 0 unspecified atom stereocenters. The minimum absolute atomic E-state index is 0.112. The summed E-state index contributed by atoms with van der Waals surface area (Å²) in [5.41, 5.74) is 1.57. The number of hydrogen-bond acceptors (Lipinski definition) is 4. The Morgan fingerprint density at radius 2 is 2.12 bits per heavy atom. The Morgan fingerprint density at radius 1 is 1.27 bits per heavy atom. The van der Waals surface area contributed by atoms with Gasteiger partial charge >= 0.3 is 0 Å². The van der Waals surface area contributed by atoms with E-state index in [4.69, 9.17) is 4.74 Å². The highest BCUT2D eigenvalue weighted by atomic mass is 32.1. The van der Waals surface area contributed by atoms with Gasteiger partial charge in [0, 0.05) is 5.54 Å². The number of piperidine rings is 3. The van der Waals surface area contributed by atoms with E-state index >= 15 is 0 Å². The second kappa shape index (κ2) is 5.46. The molecule has 2 bridgehead atoms. The minimum atomic E-state index is 0.112. The summed E-state index contributed by atoms with van der Waals surface area (Å²) in [5.74, 6) is 1.79. The summed E-state index contributed by atoms with van der Waals surface area (Å²) >= 11 is 1.60. The summed E-state index contributed by atoms with van der Waals surface area (Å²) in [6.45, 7) is 3.24. The van der Waals surface area contributed by atoms with Crippen LogP contribution in [0.1, 0.15) is 47.3 Å². The Hall–Kier alpha value is -1.59. The molecule has 1 amide bonds. The van der Waals surface area contributed by atoms with Gasteiger partial charge < -0.3 is 10.1 Å². The molecule has 3 saturated heterocycles. The summed E-state index contributed by atoms with van der Waals surface area (Å²) in [5, 5.41) is 4.58. The van der Waals surface area contributed by atoms with Crippen molar-refractivity contribution in [1.29, 1.82) is 0 Å². The fourth-order valence-corrected chi connectivity index (χ4v) is 6.64. The van der Waals surface area contributed by atoms with Gasteiger partial charge in [0.15, 0.2) is 0 Å². The smallest absolute Gasteiger partial charge is 0.261 e. The number of carbonyl (C=O) groups excluding carboxylic acids is 1. The van der Waals surface area contributed by atoms with Crippen LogP contribution in [-0.2, 0) is 6.42 Å². The summed E-state index contributed by atoms with van der Waals surface area (Å²) < 4.78 is 7.08. The number of hydrogen-bond donors (Lipinski definition) is 1. The zero-order valence-electron chi connectivity index (χ0n) is 14.9. The Morgan fingerprint density at radius 3 is 2.92 bits per heavy atom. The molecule has 4 fully saturated rings. The monoisotopic (exact) mass is 368 g/mol. The van der Waals surface area contributed by atoms with Crippen LogP contribution >= 0.6 is 11.3 Å². The number of amides is 1. The Kier molecular flexibility index (Phi) is 3.25. The molecule has 1 saturated carbocycles. The van der Waals surface area contributed by atoms with Crippen LogP contribution in [0.4, 0.5) is 0 Å². The third-order valence-electron chi connectivity index (χ3n) is 7.05. The van der Waals surface area contributed by atoms with E-state index in [1.165, 1.54) is 44.3 Å². The molecule has 5 aliphatic rings. The maximum atomic E-state index is 13.1. The third-order valence-corrected chi connectivity index (χ3v) is 8.20. The van der Waals surface area contributed by atoms with E-state index in [1.54, 1.807) is 11.3 Å². The highest BCUT2D eigenvalue weighted by Crippen LogP contribution is 2.53. The summed E-state index contributed by atoms with van der Waals surface area (Å²) in [6, 6.07) is 6.70. The lowest BCUT2D eigenvalue weighted by Crippen LogP contribution is -2.65. The van der Waals surface area contributed by atoms with Gasteiger partial charge in [-0.2, -0.15) is 0 Å². The molecule has 1 atom stereocenters. The van der Waals surface area contributed by atoms with Gasteiger partial charge in [-0.25, -0.2) is 0 Å². The summed E-state index contributed by atoms with van der Waals surface area (Å²) in [7, 11) is 0. The maximum Gasteiger partial charge on any atom is 0.261 e. The predicted molar refractivity (Wildman–Crippen MR) is 103 cm³/mol. The molecular formula is C21H24N2O2S. The first-order chi connectivity index (χ1) is 12.7. The average Bonchev–Trinajstić information content (AvgIpc) is 3.33. The molecule has 0 radical (unpaired) electrons. The van der Waals surface area contributed by atoms with Gasteiger partial charge in [-0.3, -0.25) is 9.69 Å². The van der Waals surface area contributed by atoms with Crippen LogP contribution in [0.25, 0.3) is 10.1 Å². The van der Waals surface area contributed by atoms with E-state index in [-0.39, 0.29) is 11.4 Å². The van der Waals surface area contributed by atoms with Crippen LogP contribution in [0.15, 0.2) is 18.2 Å². The molecule has 136 valence electrons. The van der Waals surface area contributed by atoms with Gasteiger partial charge in [0.25, 0.3) is 5.91 Å². The molecule has 1 aromatic carbocycles. The van der Waals surface area contributed by atoms with Gasteiger partial charge in [-0.05, 0) is 74.5 Å². The van der Waals surface area contributed by atoms with Crippen molar-refractivity contribution in [1.82, 2.24) is 10.2 Å². The number of benzene rings is 1. The van der Waals surface area contributed by atoms with Crippen LogP contribution in [0.3, 0.4) is 0 Å². The highest BCUT2D eigenvalue weighted by molar-refractivity contribution is 7.21. The van der Waals surface area contributed by atoms with Crippen molar-refractivity contribution < 1.29 is 9.53 Å². The average molecular weight is 369 g/mol. The number of carbonyl (C=O) groups is 1. The molecular weight excluding hydrogens is 344 g/mol. The molecule has 1 N–H and O–H groups in total. The lowest BCUT2D eigenvalue weighted by molar-refractivity contribution is -0.00138. The van der Waals surface area contributed by atoms with Crippen molar-refractivity contribution in [3.63, 3.8) is 0 Å². The quantitative estimate of drug-likeness (QED) is 0.881. The minimum Gasteiger partial charge on any atom is -0.492 e. The van der Waals surface area contributed by atoms with Crippen molar-refractivity contribution in [3.8, 4) is 5.75 Å². The number of thiophene rings is 1.